The van der Waals surface area contributed by atoms with Gasteiger partial charge in [0.1, 0.15) is 0 Å². The van der Waals surface area contributed by atoms with Gasteiger partial charge in [0.05, 0.1) is 0 Å². The van der Waals surface area contributed by atoms with Gasteiger partial charge in [-0.05, 0) is 46.1 Å². The first-order valence-electron chi connectivity index (χ1n) is 8.67. The van der Waals surface area contributed by atoms with Crippen molar-refractivity contribution in [2.45, 2.75) is 34.1 Å². The zero-order valence-corrected chi connectivity index (χ0v) is 14.6. The molecule has 0 heterocycles. The summed E-state index contributed by atoms with van der Waals surface area (Å²) in [4.78, 5) is 0. The molecule has 0 nitrogen and oxygen atoms in total. The van der Waals surface area contributed by atoms with Crippen molar-refractivity contribution in [3.8, 4) is 0 Å². The molecule has 0 aromatic heterocycles. The van der Waals surface area contributed by atoms with Gasteiger partial charge in [-0.3, -0.25) is 0 Å². The molecule has 23 heavy (non-hydrogen) atoms. The normalized spacial score (nSPS) is 15.2. The summed E-state index contributed by atoms with van der Waals surface area (Å²) in [7, 11) is 0. The van der Waals surface area contributed by atoms with Gasteiger partial charge in [-0.1, -0.05) is 93.9 Å². The summed E-state index contributed by atoms with van der Waals surface area (Å²) in [5.41, 5.74) is 8.84. The van der Waals surface area contributed by atoms with Crippen LogP contribution in [0, 0.1) is 11.8 Å². The lowest BCUT2D eigenvalue weighted by Gasteiger charge is -2.18. The topological polar surface area (TPSA) is 0 Å². The lowest BCUT2D eigenvalue weighted by Crippen LogP contribution is -2.02. The molecule has 1 aliphatic rings. The molecule has 0 heteroatoms. The molecule has 1 aliphatic carbocycles. The summed E-state index contributed by atoms with van der Waals surface area (Å²) < 4.78 is 0. The number of benzene rings is 2. The lowest BCUT2D eigenvalue weighted by atomic mass is 9.86. The van der Waals surface area contributed by atoms with Crippen LogP contribution in [0.5, 0.6) is 0 Å². The smallest absolute Gasteiger partial charge is 0.00462 e. The molecule has 0 bridgehead atoms. The van der Waals surface area contributed by atoms with E-state index in [9.17, 15) is 0 Å². The van der Waals surface area contributed by atoms with E-state index in [0.29, 0.717) is 11.8 Å². The van der Waals surface area contributed by atoms with Gasteiger partial charge in [0.25, 0.3) is 0 Å². The van der Waals surface area contributed by atoms with Crippen molar-refractivity contribution >= 4 is 11.1 Å². The van der Waals surface area contributed by atoms with Crippen LogP contribution in [0.4, 0.5) is 0 Å². The molecular weight excluding hydrogens is 276 g/mol. The Morgan fingerprint density at radius 2 is 1.17 bits per heavy atom. The van der Waals surface area contributed by atoms with Gasteiger partial charge in [-0.25, -0.2) is 0 Å². The molecule has 0 atom stereocenters. The van der Waals surface area contributed by atoms with Crippen molar-refractivity contribution in [2.24, 2.45) is 11.8 Å². The third-order valence-corrected chi connectivity index (χ3v) is 4.74. The Hall–Kier alpha value is -2.08. The van der Waals surface area contributed by atoms with Gasteiger partial charge in [0.15, 0.2) is 0 Å². The predicted molar refractivity (Wildman–Crippen MR) is 101 cm³/mol. The van der Waals surface area contributed by atoms with E-state index in [4.69, 9.17) is 0 Å². The number of hydrogen-bond donors (Lipinski definition) is 0. The van der Waals surface area contributed by atoms with E-state index in [-0.39, 0.29) is 0 Å². The number of rotatable bonds is 4. The van der Waals surface area contributed by atoms with Gasteiger partial charge in [0, 0.05) is 0 Å². The van der Waals surface area contributed by atoms with E-state index in [1.807, 2.05) is 0 Å². The minimum absolute atomic E-state index is 0.545. The second-order valence-electron chi connectivity index (χ2n) is 7.01. The monoisotopic (exact) mass is 302 g/mol. The summed E-state index contributed by atoms with van der Waals surface area (Å²) >= 11 is 0. The van der Waals surface area contributed by atoms with E-state index in [1.54, 1.807) is 11.1 Å². The standard InChI is InChI=1S/C23H26/c1-16(2)20-15-21(18-11-7-5-8-12-18)23(22(20)17(3)4)19-13-9-6-10-14-19/h5-14,16-17H,15H2,1-4H3. The van der Waals surface area contributed by atoms with Crippen LogP contribution >= 0.6 is 0 Å². The molecule has 3 rings (SSSR count). The van der Waals surface area contributed by atoms with Crippen LogP contribution in [-0.2, 0) is 0 Å². The lowest BCUT2D eigenvalue weighted by molar-refractivity contribution is 0.705. The first-order valence-corrected chi connectivity index (χ1v) is 8.67. The second-order valence-corrected chi connectivity index (χ2v) is 7.01. The van der Waals surface area contributed by atoms with Crippen LogP contribution in [0.15, 0.2) is 71.8 Å². The van der Waals surface area contributed by atoms with Crippen molar-refractivity contribution in [2.75, 3.05) is 0 Å². The molecule has 0 radical (unpaired) electrons. The van der Waals surface area contributed by atoms with Crippen molar-refractivity contribution in [3.63, 3.8) is 0 Å². The molecule has 0 amide bonds. The van der Waals surface area contributed by atoms with Gasteiger partial charge in [0.2, 0.25) is 0 Å². The fourth-order valence-electron chi connectivity index (χ4n) is 3.69. The summed E-state index contributed by atoms with van der Waals surface area (Å²) in [5.74, 6) is 1.14. The molecular formula is C23H26. The third-order valence-electron chi connectivity index (χ3n) is 4.74. The second kappa shape index (κ2) is 6.58. The maximum absolute atomic E-state index is 2.33. The average molecular weight is 302 g/mol. The summed E-state index contributed by atoms with van der Waals surface area (Å²) in [5, 5.41) is 0. The molecule has 0 saturated carbocycles. The van der Waals surface area contributed by atoms with Crippen molar-refractivity contribution < 1.29 is 0 Å². The molecule has 0 fully saturated rings. The molecule has 0 N–H and O–H groups in total. The highest BCUT2D eigenvalue weighted by molar-refractivity contribution is 6.02. The molecule has 118 valence electrons. The Labute approximate surface area is 140 Å². The van der Waals surface area contributed by atoms with Crippen LogP contribution in [0.25, 0.3) is 11.1 Å². The zero-order chi connectivity index (χ0) is 16.4. The van der Waals surface area contributed by atoms with Crippen molar-refractivity contribution in [3.05, 3.63) is 82.9 Å². The largest absolute Gasteiger partial charge is 0.0622 e. The van der Waals surface area contributed by atoms with Crippen LogP contribution in [0.3, 0.4) is 0 Å². The van der Waals surface area contributed by atoms with E-state index in [0.717, 1.165) is 6.42 Å². The quantitative estimate of drug-likeness (QED) is 0.596. The highest BCUT2D eigenvalue weighted by atomic mass is 14.3. The van der Waals surface area contributed by atoms with Crippen LogP contribution in [0.1, 0.15) is 45.2 Å². The summed E-state index contributed by atoms with van der Waals surface area (Å²) in [6, 6.07) is 21.8. The fourth-order valence-corrected chi connectivity index (χ4v) is 3.69. The summed E-state index contributed by atoms with van der Waals surface area (Å²) in [6.07, 6.45) is 1.08. The molecule has 0 saturated heterocycles. The van der Waals surface area contributed by atoms with Gasteiger partial charge in [-0.15, -0.1) is 0 Å². The zero-order valence-electron chi connectivity index (χ0n) is 14.6. The Morgan fingerprint density at radius 3 is 1.65 bits per heavy atom. The molecule has 0 spiro atoms. The third kappa shape index (κ3) is 3.03. The van der Waals surface area contributed by atoms with E-state index in [1.165, 1.54) is 22.3 Å². The SMILES string of the molecule is CC(C)C1=C(C(C)C)C(c2ccccc2)=C(c2ccccc2)C1. The van der Waals surface area contributed by atoms with Gasteiger partial charge in [-0.2, -0.15) is 0 Å². The maximum atomic E-state index is 2.33. The Kier molecular flexibility index (Phi) is 4.52. The van der Waals surface area contributed by atoms with Crippen molar-refractivity contribution in [1.82, 2.24) is 0 Å². The summed E-state index contributed by atoms with van der Waals surface area (Å²) in [6.45, 7) is 9.31. The predicted octanol–water partition coefficient (Wildman–Crippen LogP) is 6.61. The molecule has 2 aromatic carbocycles. The van der Waals surface area contributed by atoms with Crippen LogP contribution < -0.4 is 0 Å². The van der Waals surface area contributed by atoms with Gasteiger partial charge >= 0.3 is 0 Å². The molecule has 0 unspecified atom stereocenters. The first kappa shape index (κ1) is 15.8. The number of allylic oxidation sites excluding steroid dienone is 4. The molecule has 2 aromatic rings. The van der Waals surface area contributed by atoms with E-state index in [2.05, 4.69) is 88.4 Å². The minimum atomic E-state index is 0.545. The molecule has 0 aliphatic heterocycles. The fraction of sp³-hybridized carbons (Fsp3) is 0.304. The minimum Gasteiger partial charge on any atom is -0.0622 e. The first-order chi connectivity index (χ1) is 11.1. The number of hydrogen-bond acceptors (Lipinski definition) is 0. The average Bonchev–Trinajstić information content (AvgIpc) is 2.97. The van der Waals surface area contributed by atoms with E-state index < -0.39 is 0 Å². The highest BCUT2D eigenvalue weighted by Crippen LogP contribution is 2.48. The Morgan fingerprint density at radius 1 is 0.652 bits per heavy atom. The van der Waals surface area contributed by atoms with Crippen molar-refractivity contribution in [1.29, 1.82) is 0 Å². The van der Waals surface area contributed by atoms with Crippen LogP contribution in [0.2, 0.25) is 0 Å². The van der Waals surface area contributed by atoms with Crippen LogP contribution in [-0.4, -0.2) is 0 Å². The Bertz CT molecular complexity index is 728. The maximum Gasteiger partial charge on any atom is -0.00462 e. The van der Waals surface area contributed by atoms with Gasteiger partial charge < -0.3 is 0 Å². The van der Waals surface area contributed by atoms with E-state index >= 15 is 0 Å². The highest BCUT2D eigenvalue weighted by Gasteiger charge is 2.29. The Balaban J connectivity index is 2.24.